The number of halogens is 2. The Morgan fingerprint density at radius 1 is 1.70 bits per heavy atom. The molecule has 0 fully saturated rings. The highest BCUT2D eigenvalue weighted by molar-refractivity contribution is 7.99. The molecule has 0 bridgehead atoms. The normalized spacial score (nSPS) is 11.5. The molecule has 0 rings (SSSR count). The van der Waals surface area contributed by atoms with Crippen LogP contribution in [0.5, 0.6) is 0 Å². The number of alkyl halides is 2. The van der Waals surface area contributed by atoms with Gasteiger partial charge >= 0.3 is 5.97 Å². The summed E-state index contributed by atoms with van der Waals surface area (Å²) >= 11 is 0.719. The van der Waals surface area contributed by atoms with Crippen molar-refractivity contribution in [3.8, 4) is 0 Å². The van der Waals surface area contributed by atoms with E-state index in [2.05, 4.69) is 0 Å². The van der Waals surface area contributed by atoms with Gasteiger partial charge in [-0.3, -0.25) is 4.79 Å². The van der Waals surface area contributed by atoms with Crippen molar-refractivity contribution >= 4 is 17.7 Å². The molecule has 0 atom stereocenters. The third-order valence-electron chi connectivity index (χ3n) is 0.581. The zero-order valence-corrected chi connectivity index (χ0v) is 6.25. The summed E-state index contributed by atoms with van der Waals surface area (Å²) in [4.78, 5) is 9.82. The van der Waals surface area contributed by atoms with E-state index in [0.717, 1.165) is 18.7 Å². The maximum atomic E-state index is 12.0. The molecule has 1 N–H and O–H groups in total. The van der Waals surface area contributed by atoms with Gasteiger partial charge in [0.05, 0.1) is 11.5 Å². The van der Waals surface area contributed by atoms with Crippen LogP contribution < -0.4 is 0 Å². The van der Waals surface area contributed by atoms with Crippen molar-refractivity contribution in [1.82, 2.24) is 0 Å². The summed E-state index contributed by atoms with van der Waals surface area (Å²) in [6.45, 7) is 0.766. The van der Waals surface area contributed by atoms with Gasteiger partial charge < -0.3 is 5.11 Å². The first kappa shape index (κ1) is 9.68. The van der Waals surface area contributed by atoms with Gasteiger partial charge in [0, 0.05) is 6.92 Å². The van der Waals surface area contributed by atoms with Crippen molar-refractivity contribution in [2.45, 2.75) is 12.8 Å². The van der Waals surface area contributed by atoms with Crippen LogP contribution >= 0.6 is 11.8 Å². The fraction of sp³-hybridized carbons (Fsp3) is 0.800. The first-order valence-corrected chi connectivity index (χ1v) is 3.74. The largest absolute Gasteiger partial charge is 0.481 e. The van der Waals surface area contributed by atoms with E-state index in [1.165, 1.54) is 0 Å². The van der Waals surface area contributed by atoms with E-state index in [1.54, 1.807) is 0 Å². The molecule has 0 aliphatic carbocycles. The van der Waals surface area contributed by atoms with Gasteiger partial charge in [0.25, 0.3) is 5.92 Å². The van der Waals surface area contributed by atoms with Crippen molar-refractivity contribution in [2.75, 3.05) is 11.5 Å². The minimum absolute atomic E-state index is 0.260. The zero-order chi connectivity index (χ0) is 8.20. The minimum atomic E-state index is -2.76. The van der Waals surface area contributed by atoms with Crippen LogP contribution in [0.4, 0.5) is 8.78 Å². The SMILES string of the molecule is CC(F)(F)CSCC(=O)O. The van der Waals surface area contributed by atoms with E-state index in [9.17, 15) is 13.6 Å². The molecule has 0 radical (unpaired) electrons. The van der Waals surface area contributed by atoms with Crippen molar-refractivity contribution in [1.29, 1.82) is 0 Å². The summed E-state index contributed by atoms with van der Waals surface area (Å²) in [6, 6.07) is 0. The highest BCUT2D eigenvalue weighted by Gasteiger charge is 2.20. The van der Waals surface area contributed by atoms with Gasteiger partial charge in [-0.25, -0.2) is 8.78 Å². The van der Waals surface area contributed by atoms with E-state index in [-0.39, 0.29) is 5.75 Å². The van der Waals surface area contributed by atoms with Crippen molar-refractivity contribution in [3.63, 3.8) is 0 Å². The van der Waals surface area contributed by atoms with Gasteiger partial charge in [-0.1, -0.05) is 0 Å². The maximum Gasteiger partial charge on any atom is 0.313 e. The van der Waals surface area contributed by atoms with Crippen molar-refractivity contribution in [3.05, 3.63) is 0 Å². The lowest BCUT2D eigenvalue weighted by molar-refractivity contribution is -0.133. The van der Waals surface area contributed by atoms with Gasteiger partial charge in [-0.05, 0) is 0 Å². The third kappa shape index (κ3) is 7.68. The first-order valence-electron chi connectivity index (χ1n) is 2.59. The number of hydrogen-bond donors (Lipinski definition) is 1. The Kier molecular flexibility index (Phi) is 3.63. The highest BCUT2D eigenvalue weighted by Crippen LogP contribution is 2.18. The molecule has 0 heterocycles. The molecule has 0 saturated heterocycles. The van der Waals surface area contributed by atoms with Gasteiger partial charge in [-0.15, -0.1) is 11.8 Å². The van der Waals surface area contributed by atoms with Crippen LogP contribution in [-0.2, 0) is 4.79 Å². The molecule has 60 valence electrons. The molecule has 0 aliphatic heterocycles. The second-order valence-corrected chi connectivity index (χ2v) is 2.94. The lowest BCUT2D eigenvalue weighted by Crippen LogP contribution is -2.14. The molecule has 5 heteroatoms. The summed E-state index contributed by atoms with van der Waals surface area (Å²) in [6.07, 6.45) is 0. The molecule has 0 aromatic heterocycles. The summed E-state index contributed by atoms with van der Waals surface area (Å²) in [7, 11) is 0. The third-order valence-corrected chi connectivity index (χ3v) is 1.74. The molecule has 0 aliphatic rings. The molecule has 0 saturated carbocycles. The van der Waals surface area contributed by atoms with Crippen molar-refractivity contribution < 1.29 is 18.7 Å². The predicted octanol–water partition coefficient (Wildman–Crippen LogP) is 1.46. The Bertz CT molecular complexity index is 121. The number of thioether (sulfide) groups is 1. The smallest absolute Gasteiger partial charge is 0.313 e. The lowest BCUT2D eigenvalue weighted by Gasteiger charge is -2.06. The Balaban J connectivity index is 3.29. The monoisotopic (exact) mass is 170 g/mol. The van der Waals surface area contributed by atoms with Crippen LogP contribution in [0, 0.1) is 0 Å². The molecule has 0 amide bonds. The Labute approximate surface area is 61.6 Å². The van der Waals surface area contributed by atoms with E-state index < -0.39 is 17.6 Å². The summed E-state index contributed by atoms with van der Waals surface area (Å²) < 4.78 is 23.9. The summed E-state index contributed by atoms with van der Waals surface area (Å²) in [5.74, 6) is -4.52. The van der Waals surface area contributed by atoms with Gasteiger partial charge in [-0.2, -0.15) is 0 Å². The number of rotatable bonds is 4. The van der Waals surface area contributed by atoms with Crippen LogP contribution in [0.25, 0.3) is 0 Å². The standard InChI is InChI=1S/C5H8F2O2S/c1-5(6,7)3-10-2-4(8)9/h2-3H2,1H3,(H,8,9). The van der Waals surface area contributed by atoms with Gasteiger partial charge in [0.15, 0.2) is 0 Å². The molecule has 0 aromatic rings. The average Bonchev–Trinajstić information content (AvgIpc) is 1.59. The maximum absolute atomic E-state index is 12.0. The molecular formula is C5H8F2O2S. The number of carboxylic acid groups (broad SMARTS) is 1. The van der Waals surface area contributed by atoms with Crippen molar-refractivity contribution in [2.24, 2.45) is 0 Å². The van der Waals surface area contributed by atoms with Gasteiger partial charge in [0.2, 0.25) is 0 Å². The first-order chi connectivity index (χ1) is 4.42. The Morgan fingerprint density at radius 2 is 2.20 bits per heavy atom. The Hall–Kier alpha value is -0.320. The summed E-state index contributed by atoms with van der Waals surface area (Å²) in [5.41, 5.74) is 0. The number of carbonyl (C=O) groups is 1. The summed E-state index contributed by atoms with van der Waals surface area (Å²) in [5, 5.41) is 8.04. The van der Waals surface area contributed by atoms with Crippen LogP contribution in [0.2, 0.25) is 0 Å². The van der Waals surface area contributed by atoms with Crippen LogP contribution in [0.15, 0.2) is 0 Å². The lowest BCUT2D eigenvalue weighted by atomic mass is 10.5. The molecular weight excluding hydrogens is 162 g/mol. The van der Waals surface area contributed by atoms with Crippen LogP contribution in [0.1, 0.15) is 6.92 Å². The molecule has 10 heavy (non-hydrogen) atoms. The molecule has 0 unspecified atom stereocenters. The number of hydrogen-bond acceptors (Lipinski definition) is 2. The second-order valence-electron chi connectivity index (χ2n) is 1.96. The molecule has 2 nitrogen and oxygen atoms in total. The van der Waals surface area contributed by atoms with Gasteiger partial charge in [0.1, 0.15) is 0 Å². The average molecular weight is 170 g/mol. The quantitative estimate of drug-likeness (QED) is 0.694. The zero-order valence-electron chi connectivity index (χ0n) is 5.43. The van der Waals surface area contributed by atoms with E-state index in [1.807, 2.05) is 0 Å². The van der Waals surface area contributed by atoms with E-state index >= 15 is 0 Å². The van der Waals surface area contributed by atoms with Crippen LogP contribution in [0.3, 0.4) is 0 Å². The fourth-order valence-corrected chi connectivity index (χ4v) is 0.953. The minimum Gasteiger partial charge on any atom is -0.481 e. The topological polar surface area (TPSA) is 37.3 Å². The molecule has 0 spiro atoms. The number of carboxylic acids is 1. The van der Waals surface area contributed by atoms with E-state index in [0.29, 0.717) is 0 Å². The van der Waals surface area contributed by atoms with E-state index in [4.69, 9.17) is 5.11 Å². The number of aliphatic carboxylic acids is 1. The second kappa shape index (κ2) is 3.75. The Morgan fingerprint density at radius 3 is 2.50 bits per heavy atom. The molecule has 0 aromatic carbocycles. The fourth-order valence-electron chi connectivity index (χ4n) is 0.318. The predicted molar refractivity (Wildman–Crippen MR) is 35.6 cm³/mol. The highest BCUT2D eigenvalue weighted by atomic mass is 32.2. The van der Waals surface area contributed by atoms with Crippen LogP contribution in [-0.4, -0.2) is 28.5 Å².